The third-order valence-corrected chi connectivity index (χ3v) is 4.60. The van der Waals surface area contributed by atoms with Gasteiger partial charge < -0.3 is 19.9 Å². The SMILES string of the molecule is O=C(O)CC1SC(=NN=Cc2cc(Br)c3c(c2)OCO3)NC1=O. The number of hydrogen-bond acceptors (Lipinski definition) is 7. The number of rotatable bonds is 4. The zero-order valence-corrected chi connectivity index (χ0v) is 13.9. The number of nitrogens with one attached hydrogen (secondary N) is 1. The highest BCUT2D eigenvalue weighted by atomic mass is 79.9. The Kier molecular flexibility index (Phi) is 4.53. The zero-order chi connectivity index (χ0) is 16.4. The van der Waals surface area contributed by atoms with Crippen molar-refractivity contribution in [1.29, 1.82) is 0 Å². The van der Waals surface area contributed by atoms with Crippen LogP contribution in [0.2, 0.25) is 0 Å². The van der Waals surface area contributed by atoms with Crippen LogP contribution in [-0.4, -0.2) is 40.4 Å². The van der Waals surface area contributed by atoms with Gasteiger partial charge in [-0.05, 0) is 33.6 Å². The molecular formula is C13H10BrN3O5S. The van der Waals surface area contributed by atoms with Crippen LogP contribution < -0.4 is 14.8 Å². The normalized spacial score (nSPS) is 21.2. The van der Waals surface area contributed by atoms with Crippen molar-refractivity contribution in [2.24, 2.45) is 10.2 Å². The number of carboxylic acids is 1. The van der Waals surface area contributed by atoms with E-state index < -0.39 is 11.2 Å². The third kappa shape index (κ3) is 3.64. The fraction of sp³-hybridized carbons (Fsp3) is 0.231. The summed E-state index contributed by atoms with van der Waals surface area (Å²) in [6.45, 7) is 0.171. The van der Waals surface area contributed by atoms with Gasteiger partial charge in [0.1, 0.15) is 5.25 Å². The monoisotopic (exact) mass is 399 g/mol. The number of amidine groups is 1. The van der Waals surface area contributed by atoms with Crippen LogP contribution >= 0.6 is 27.7 Å². The molecule has 0 spiro atoms. The number of carbonyl (C=O) groups excluding carboxylic acids is 1. The van der Waals surface area contributed by atoms with Crippen LogP contribution in [-0.2, 0) is 9.59 Å². The number of hydrogen-bond donors (Lipinski definition) is 2. The molecule has 10 heteroatoms. The summed E-state index contributed by atoms with van der Waals surface area (Å²) >= 11 is 4.42. The molecular weight excluding hydrogens is 390 g/mol. The van der Waals surface area contributed by atoms with Crippen LogP contribution in [0.1, 0.15) is 12.0 Å². The third-order valence-electron chi connectivity index (χ3n) is 2.94. The van der Waals surface area contributed by atoms with E-state index in [1.165, 1.54) is 6.21 Å². The van der Waals surface area contributed by atoms with Crippen LogP contribution in [0.3, 0.4) is 0 Å². The Morgan fingerprint density at radius 1 is 1.52 bits per heavy atom. The van der Waals surface area contributed by atoms with Gasteiger partial charge in [0.15, 0.2) is 16.7 Å². The van der Waals surface area contributed by atoms with Crippen LogP contribution in [0.4, 0.5) is 0 Å². The number of aliphatic carboxylic acids is 1. The van der Waals surface area contributed by atoms with E-state index in [1.807, 2.05) is 0 Å². The van der Waals surface area contributed by atoms with Crippen molar-refractivity contribution in [2.45, 2.75) is 11.7 Å². The van der Waals surface area contributed by atoms with Gasteiger partial charge in [0.2, 0.25) is 12.7 Å². The van der Waals surface area contributed by atoms with E-state index in [4.69, 9.17) is 14.6 Å². The highest BCUT2D eigenvalue weighted by molar-refractivity contribution is 9.10. The van der Waals surface area contributed by atoms with Gasteiger partial charge in [0, 0.05) is 0 Å². The molecule has 2 N–H and O–H groups in total. The molecule has 2 heterocycles. The average Bonchev–Trinajstić information content (AvgIpc) is 3.06. The summed E-state index contributed by atoms with van der Waals surface area (Å²) in [5.41, 5.74) is 0.738. The smallest absolute Gasteiger partial charge is 0.305 e. The lowest BCUT2D eigenvalue weighted by Crippen LogP contribution is -2.26. The number of ether oxygens (including phenoxy) is 2. The predicted octanol–water partition coefficient (Wildman–Crippen LogP) is 1.57. The number of carboxylic acid groups (broad SMARTS) is 1. The maximum Gasteiger partial charge on any atom is 0.305 e. The van der Waals surface area contributed by atoms with E-state index >= 15 is 0 Å². The van der Waals surface area contributed by atoms with Gasteiger partial charge in [-0.3, -0.25) is 9.59 Å². The summed E-state index contributed by atoms with van der Waals surface area (Å²) in [7, 11) is 0. The number of fused-ring (bicyclic) bond motifs is 1. The Hall–Kier alpha value is -2.07. The Balaban J connectivity index is 1.68. The molecule has 23 heavy (non-hydrogen) atoms. The van der Waals surface area contributed by atoms with Crippen LogP contribution in [0.15, 0.2) is 26.8 Å². The molecule has 1 aromatic carbocycles. The summed E-state index contributed by atoms with van der Waals surface area (Å²) in [5.74, 6) is -0.160. The van der Waals surface area contributed by atoms with Crippen molar-refractivity contribution >= 4 is 51.0 Å². The second kappa shape index (κ2) is 6.59. The van der Waals surface area contributed by atoms with Crippen molar-refractivity contribution in [3.05, 3.63) is 22.2 Å². The van der Waals surface area contributed by atoms with E-state index in [-0.39, 0.29) is 24.3 Å². The van der Waals surface area contributed by atoms with Crippen molar-refractivity contribution in [1.82, 2.24) is 5.32 Å². The predicted molar refractivity (Wildman–Crippen MR) is 87.1 cm³/mol. The van der Waals surface area contributed by atoms with Crippen LogP contribution in [0.5, 0.6) is 11.5 Å². The Labute approximate surface area is 143 Å². The number of benzene rings is 1. The molecule has 1 atom stereocenters. The van der Waals surface area contributed by atoms with Gasteiger partial charge in [-0.1, -0.05) is 11.8 Å². The standard InChI is InChI=1S/C13H10BrN3O5S/c14-7-1-6(2-8-11(7)22-5-21-8)4-15-17-13-16-12(20)9(23-13)3-10(18)19/h1-2,4,9H,3,5H2,(H,18,19)(H,16,17,20). The molecule has 0 aromatic heterocycles. The molecule has 0 saturated carbocycles. The lowest BCUT2D eigenvalue weighted by molar-refractivity contribution is -0.138. The Morgan fingerprint density at radius 2 is 2.35 bits per heavy atom. The van der Waals surface area contributed by atoms with E-state index in [2.05, 4.69) is 31.4 Å². The first-order valence-electron chi connectivity index (χ1n) is 6.42. The number of halogens is 1. The maximum atomic E-state index is 11.6. The number of carbonyl (C=O) groups is 2. The lowest BCUT2D eigenvalue weighted by atomic mass is 10.2. The maximum absolute atomic E-state index is 11.6. The number of nitrogens with zero attached hydrogens (tertiary/aromatic N) is 2. The summed E-state index contributed by atoms with van der Waals surface area (Å²) in [5, 5.41) is 18.6. The van der Waals surface area contributed by atoms with Crippen molar-refractivity contribution in [3.63, 3.8) is 0 Å². The molecule has 1 saturated heterocycles. The molecule has 120 valence electrons. The molecule has 2 aliphatic heterocycles. The van der Waals surface area contributed by atoms with Gasteiger partial charge in [-0.2, -0.15) is 5.10 Å². The van der Waals surface area contributed by atoms with E-state index in [0.29, 0.717) is 11.5 Å². The second-order valence-electron chi connectivity index (χ2n) is 4.58. The largest absolute Gasteiger partial charge is 0.481 e. The van der Waals surface area contributed by atoms with Gasteiger partial charge in [-0.15, -0.1) is 5.10 Å². The minimum atomic E-state index is -1.03. The zero-order valence-electron chi connectivity index (χ0n) is 11.5. The highest BCUT2D eigenvalue weighted by Crippen LogP contribution is 2.39. The molecule has 1 unspecified atom stereocenters. The molecule has 8 nitrogen and oxygen atoms in total. The Bertz CT molecular complexity index is 737. The first-order valence-corrected chi connectivity index (χ1v) is 8.09. The van der Waals surface area contributed by atoms with E-state index in [1.54, 1.807) is 12.1 Å². The summed E-state index contributed by atoms with van der Waals surface area (Å²) < 4.78 is 11.3. The van der Waals surface area contributed by atoms with E-state index in [0.717, 1.165) is 21.8 Å². The summed E-state index contributed by atoms with van der Waals surface area (Å²) in [4.78, 5) is 22.2. The highest BCUT2D eigenvalue weighted by Gasteiger charge is 2.32. The minimum absolute atomic E-state index is 0.171. The van der Waals surface area contributed by atoms with Crippen molar-refractivity contribution in [3.8, 4) is 11.5 Å². The van der Waals surface area contributed by atoms with E-state index in [9.17, 15) is 9.59 Å². The summed E-state index contributed by atoms with van der Waals surface area (Å²) in [6.07, 6.45) is 1.24. The summed E-state index contributed by atoms with van der Waals surface area (Å²) in [6, 6.07) is 3.55. The van der Waals surface area contributed by atoms with Crippen molar-refractivity contribution < 1.29 is 24.2 Å². The quantitative estimate of drug-likeness (QED) is 0.587. The molecule has 1 amide bonds. The lowest BCUT2D eigenvalue weighted by Gasteiger charge is -2.00. The topological polar surface area (TPSA) is 110 Å². The molecule has 0 bridgehead atoms. The van der Waals surface area contributed by atoms with Gasteiger partial charge in [0.25, 0.3) is 0 Å². The first-order chi connectivity index (χ1) is 11.0. The van der Waals surface area contributed by atoms with Gasteiger partial charge in [0.05, 0.1) is 17.1 Å². The second-order valence-corrected chi connectivity index (χ2v) is 6.63. The number of amides is 1. The molecule has 1 aromatic rings. The van der Waals surface area contributed by atoms with Crippen LogP contribution in [0, 0.1) is 0 Å². The van der Waals surface area contributed by atoms with Crippen molar-refractivity contribution in [2.75, 3.05) is 6.79 Å². The number of thioether (sulfide) groups is 1. The molecule has 0 radical (unpaired) electrons. The molecule has 3 rings (SSSR count). The average molecular weight is 400 g/mol. The van der Waals surface area contributed by atoms with Gasteiger partial charge >= 0.3 is 5.97 Å². The molecule has 2 aliphatic rings. The molecule has 1 fully saturated rings. The van der Waals surface area contributed by atoms with Gasteiger partial charge in [-0.25, -0.2) is 0 Å². The molecule has 0 aliphatic carbocycles. The fourth-order valence-corrected chi connectivity index (χ4v) is 3.44. The first kappa shape index (κ1) is 15.8. The Morgan fingerprint density at radius 3 is 3.13 bits per heavy atom. The minimum Gasteiger partial charge on any atom is -0.481 e. The van der Waals surface area contributed by atoms with Crippen LogP contribution in [0.25, 0.3) is 0 Å². The fourth-order valence-electron chi connectivity index (χ4n) is 1.95.